The lowest BCUT2D eigenvalue weighted by Crippen LogP contribution is -2.44. The summed E-state index contributed by atoms with van der Waals surface area (Å²) in [5, 5.41) is 4.46. The Bertz CT molecular complexity index is 562. The zero-order valence-corrected chi connectivity index (χ0v) is 13.2. The van der Waals surface area contributed by atoms with Crippen LogP contribution in [-0.2, 0) is 9.53 Å². The van der Waals surface area contributed by atoms with Gasteiger partial charge in [-0.1, -0.05) is 0 Å². The molecule has 1 atom stereocenters. The van der Waals surface area contributed by atoms with Crippen LogP contribution in [0.1, 0.15) is 24.2 Å². The maximum absolute atomic E-state index is 12.0. The third kappa shape index (κ3) is 5.07. The first-order valence-corrected chi connectivity index (χ1v) is 6.99. The minimum absolute atomic E-state index is 0.202. The van der Waals surface area contributed by atoms with Gasteiger partial charge < -0.3 is 15.8 Å². The first-order chi connectivity index (χ1) is 9.85. The molecule has 0 aliphatic carbocycles. The molecule has 1 unspecified atom stereocenters. The number of urea groups is 1. The maximum atomic E-state index is 12.0. The van der Waals surface area contributed by atoms with E-state index in [0.717, 1.165) is 0 Å². The van der Waals surface area contributed by atoms with Gasteiger partial charge in [-0.15, -0.1) is 0 Å². The molecule has 0 radical (unpaired) electrons. The van der Waals surface area contributed by atoms with Crippen molar-refractivity contribution in [2.45, 2.75) is 20.0 Å². The molecule has 4 N–H and O–H groups in total. The first-order valence-electron chi connectivity index (χ1n) is 6.19. The molecule has 114 valence electrons. The molecule has 1 aromatic rings. The van der Waals surface area contributed by atoms with E-state index in [4.69, 9.17) is 10.5 Å². The number of imide groups is 1. The number of nitrogens with two attached hydrogens (primary N) is 1. The molecule has 0 saturated carbocycles. The molecule has 8 heteroatoms. The summed E-state index contributed by atoms with van der Waals surface area (Å²) < 4.78 is 5.49. The molecule has 21 heavy (non-hydrogen) atoms. The quantitative estimate of drug-likeness (QED) is 0.557. The van der Waals surface area contributed by atoms with Crippen molar-refractivity contribution < 1.29 is 19.1 Å². The van der Waals surface area contributed by atoms with Gasteiger partial charge in [0.15, 0.2) is 6.10 Å². The van der Waals surface area contributed by atoms with Crippen LogP contribution in [0, 0.1) is 0 Å². The molecule has 0 aliphatic heterocycles. The van der Waals surface area contributed by atoms with Crippen LogP contribution in [0.5, 0.6) is 0 Å². The van der Waals surface area contributed by atoms with E-state index in [1.807, 2.05) is 0 Å². The van der Waals surface area contributed by atoms with E-state index in [2.05, 4.69) is 26.6 Å². The lowest BCUT2D eigenvalue weighted by molar-refractivity contribution is -0.127. The molecular formula is C13H16BrN3O4. The van der Waals surface area contributed by atoms with Crippen LogP contribution < -0.4 is 16.4 Å². The van der Waals surface area contributed by atoms with Crippen LogP contribution in [0.2, 0.25) is 0 Å². The summed E-state index contributed by atoms with van der Waals surface area (Å²) in [6.07, 6.45) is -1.12. The number of benzene rings is 1. The van der Waals surface area contributed by atoms with Crippen molar-refractivity contribution in [2.75, 3.05) is 12.3 Å². The minimum atomic E-state index is -1.12. The number of carbonyl (C=O) groups is 3. The van der Waals surface area contributed by atoms with E-state index < -0.39 is 24.0 Å². The summed E-state index contributed by atoms with van der Waals surface area (Å²) in [5.41, 5.74) is 6.19. The number of hydrogen-bond acceptors (Lipinski definition) is 5. The molecule has 0 fully saturated rings. The number of nitrogen functional groups attached to an aromatic ring is 1. The predicted octanol–water partition coefficient (Wildman–Crippen LogP) is 1.42. The maximum Gasteiger partial charge on any atom is 0.340 e. The summed E-state index contributed by atoms with van der Waals surface area (Å²) in [7, 11) is 0. The number of halogens is 1. The number of hydrogen-bond donors (Lipinski definition) is 3. The van der Waals surface area contributed by atoms with Gasteiger partial charge in [-0.05, 0) is 48.0 Å². The minimum Gasteiger partial charge on any atom is -0.449 e. The van der Waals surface area contributed by atoms with Gasteiger partial charge in [-0.25, -0.2) is 9.59 Å². The van der Waals surface area contributed by atoms with Crippen molar-refractivity contribution in [3.8, 4) is 0 Å². The zero-order valence-electron chi connectivity index (χ0n) is 11.6. The number of ether oxygens (including phenoxy) is 1. The van der Waals surface area contributed by atoms with Crippen LogP contribution in [0.15, 0.2) is 22.7 Å². The normalized spacial score (nSPS) is 11.4. The Balaban J connectivity index is 2.67. The number of carbonyl (C=O) groups excluding carboxylic acids is 3. The van der Waals surface area contributed by atoms with Gasteiger partial charge in [-0.2, -0.15) is 0 Å². The Kier molecular flexibility index (Phi) is 6.16. The Morgan fingerprint density at radius 2 is 2.05 bits per heavy atom. The van der Waals surface area contributed by atoms with Crippen molar-refractivity contribution in [2.24, 2.45) is 0 Å². The summed E-state index contributed by atoms with van der Waals surface area (Å²) in [6, 6.07) is 4.01. The standard InChI is InChI=1S/C13H16BrN3O4/c1-3-16-13(20)17-11(18)7(2)21-12(19)9-6-8(15)4-5-10(9)14/h4-7H,3,15H2,1-2H3,(H2,16,17,18,20). The topological polar surface area (TPSA) is 111 Å². The molecule has 7 nitrogen and oxygen atoms in total. The fraction of sp³-hybridized carbons (Fsp3) is 0.308. The third-order valence-corrected chi connectivity index (χ3v) is 3.13. The smallest absolute Gasteiger partial charge is 0.340 e. The summed E-state index contributed by atoms with van der Waals surface area (Å²) in [5.74, 6) is -1.43. The number of anilines is 1. The van der Waals surface area contributed by atoms with E-state index in [-0.39, 0.29) is 5.56 Å². The van der Waals surface area contributed by atoms with Gasteiger partial charge in [0, 0.05) is 16.7 Å². The Labute approximate surface area is 130 Å². The molecular weight excluding hydrogens is 342 g/mol. The fourth-order valence-electron chi connectivity index (χ4n) is 1.40. The summed E-state index contributed by atoms with van der Waals surface area (Å²) >= 11 is 3.20. The molecule has 0 aliphatic rings. The summed E-state index contributed by atoms with van der Waals surface area (Å²) in [4.78, 5) is 34.8. The van der Waals surface area contributed by atoms with Crippen LogP contribution in [0.4, 0.5) is 10.5 Å². The second-order valence-corrected chi connectivity index (χ2v) is 4.99. The molecule has 0 aromatic heterocycles. The highest BCUT2D eigenvalue weighted by molar-refractivity contribution is 9.10. The summed E-state index contributed by atoms with van der Waals surface area (Å²) in [6.45, 7) is 3.46. The van der Waals surface area contributed by atoms with Gasteiger partial charge in [0.05, 0.1) is 5.56 Å². The lowest BCUT2D eigenvalue weighted by Gasteiger charge is -2.13. The first kappa shape index (κ1) is 17.0. The van der Waals surface area contributed by atoms with E-state index in [1.165, 1.54) is 13.0 Å². The van der Waals surface area contributed by atoms with Gasteiger partial charge in [0.2, 0.25) is 0 Å². The number of rotatable bonds is 4. The van der Waals surface area contributed by atoms with E-state index in [0.29, 0.717) is 16.7 Å². The SMILES string of the molecule is CCNC(=O)NC(=O)C(C)OC(=O)c1cc(N)ccc1Br. The number of esters is 1. The van der Waals surface area contributed by atoms with Crippen LogP contribution in [0.3, 0.4) is 0 Å². The second kappa shape index (κ2) is 7.63. The Morgan fingerprint density at radius 1 is 1.38 bits per heavy atom. The highest BCUT2D eigenvalue weighted by atomic mass is 79.9. The molecule has 0 saturated heterocycles. The van der Waals surface area contributed by atoms with Crippen molar-refractivity contribution in [3.63, 3.8) is 0 Å². The van der Waals surface area contributed by atoms with E-state index in [9.17, 15) is 14.4 Å². The average molecular weight is 358 g/mol. The van der Waals surface area contributed by atoms with Crippen molar-refractivity contribution >= 4 is 39.5 Å². The van der Waals surface area contributed by atoms with Gasteiger partial charge >= 0.3 is 12.0 Å². The fourth-order valence-corrected chi connectivity index (χ4v) is 1.80. The average Bonchev–Trinajstić information content (AvgIpc) is 2.41. The molecule has 3 amide bonds. The van der Waals surface area contributed by atoms with Crippen LogP contribution in [-0.4, -0.2) is 30.6 Å². The van der Waals surface area contributed by atoms with Gasteiger partial charge in [-0.3, -0.25) is 10.1 Å². The van der Waals surface area contributed by atoms with Crippen molar-refractivity contribution in [3.05, 3.63) is 28.2 Å². The van der Waals surface area contributed by atoms with Crippen molar-refractivity contribution in [1.29, 1.82) is 0 Å². The Hall–Kier alpha value is -2.09. The third-order valence-electron chi connectivity index (χ3n) is 2.44. The van der Waals surface area contributed by atoms with Crippen LogP contribution >= 0.6 is 15.9 Å². The van der Waals surface area contributed by atoms with E-state index in [1.54, 1.807) is 19.1 Å². The zero-order chi connectivity index (χ0) is 16.0. The van der Waals surface area contributed by atoms with E-state index >= 15 is 0 Å². The molecule has 0 bridgehead atoms. The monoisotopic (exact) mass is 357 g/mol. The number of nitrogens with one attached hydrogen (secondary N) is 2. The van der Waals surface area contributed by atoms with Crippen LogP contribution in [0.25, 0.3) is 0 Å². The highest BCUT2D eigenvalue weighted by Crippen LogP contribution is 2.20. The highest BCUT2D eigenvalue weighted by Gasteiger charge is 2.21. The van der Waals surface area contributed by atoms with Gasteiger partial charge in [0.1, 0.15) is 0 Å². The molecule has 1 aromatic carbocycles. The largest absolute Gasteiger partial charge is 0.449 e. The Morgan fingerprint density at radius 3 is 2.67 bits per heavy atom. The molecule has 0 spiro atoms. The van der Waals surface area contributed by atoms with Gasteiger partial charge in [0.25, 0.3) is 5.91 Å². The number of amides is 3. The second-order valence-electron chi connectivity index (χ2n) is 4.14. The molecule has 0 heterocycles. The molecule has 1 rings (SSSR count). The lowest BCUT2D eigenvalue weighted by atomic mass is 10.2. The predicted molar refractivity (Wildman–Crippen MR) is 80.6 cm³/mol. The van der Waals surface area contributed by atoms with Crippen molar-refractivity contribution in [1.82, 2.24) is 10.6 Å².